The van der Waals surface area contributed by atoms with Gasteiger partial charge in [0.15, 0.2) is 0 Å². The highest BCUT2D eigenvalue weighted by Gasteiger charge is 2.04. The van der Waals surface area contributed by atoms with E-state index in [-0.39, 0.29) is 29.0 Å². The lowest BCUT2D eigenvalue weighted by molar-refractivity contribution is -0.196. The van der Waals surface area contributed by atoms with Gasteiger partial charge in [0.25, 0.3) is 5.24 Å². The van der Waals surface area contributed by atoms with E-state index < -0.39 is 17.3 Å². The van der Waals surface area contributed by atoms with Crippen LogP contribution in [0.25, 0.3) is 0 Å². The molecule has 0 aliphatic heterocycles. The van der Waals surface area contributed by atoms with Crippen molar-refractivity contribution in [1.29, 1.82) is 0 Å². The lowest BCUT2D eigenvalue weighted by atomic mass is 10.7. The summed E-state index contributed by atoms with van der Waals surface area (Å²) in [5.41, 5.74) is 1.55. The van der Waals surface area contributed by atoms with Crippen LogP contribution < -0.4 is 10.6 Å². The molecule has 0 bridgehead atoms. The number of aliphatic hydroxyl groups is 2. The molecule has 0 fully saturated rings. The fourth-order valence-electron chi connectivity index (χ4n) is 2.19. The number of ether oxygens (including phenoxy) is 1. The van der Waals surface area contributed by atoms with E-state index in [0.29, 0.717) is 31.9 Å². The molecule has 45 heavy (non-hydrogen) atoms. The van der Waals surface area contributed by atoms with Gasteiger partial charge in [0, 0.05) is 68.6 Å². The van der Waals surface area contributed by atoms with Gasteiger partial charge in [-0.15, -0.1) is 70.6 Å². The Hall–Kier alpha value is 1.22. The molecule has 1 unspecified atom stereocenters. The minimum Gasteiger partial charge on any atom is -0.611 e. The van der Waals surface area contributed by atoms with Crippen LogP contribution in [0.15, 0.2) is 9.98 Å². The first kappa shape index (κ1) is 46.2. The van der Waals surface area contributed by atoms with E-state index in [0.717, 1.165) is 67.3 Å². The standard InChI is InChI=1S/C23H44N4O8S10/c28-15-42-17-33-22(30)26-3-7-38-20-37-6-2-25-14-45(32)12-11-41-21-40-9-10-44-23(31)27-4-8-39-19-36-5-1-24-13-34-35-18-43-16-29/h13-14,28-29H,1-12,15-21H2,(H,26,30)(H,27,31)/b24-13+,25-14-. The molecule has 0 aromatic heterocycles. The van der Waals surface area contributed by atoms with Crippen LogP contribution in [0, 0.1) is 0 Å². The second-order valence-electron chi connectivity index (χ2n) is 7.45. The topological polar surface area (TPSA) is 174 Å². The van der Waals surface area contributed by atoms with E-state index in [1.54, 1.807) is 76.1 Å². The lowest BCUT2D eigenvalue weighted by Crippen LogP contribution is -2.26. The lowest BCUT2D eigenvalue weighted by Gasteiger charge is -2.06. The summed E-state index contributed by atoms with van der Waals surface area (Å²) >= 11 is 13.1. The maximum atomic E-state index is 12.0. The van der Waals surface area contributed by atoms with Crippen LogP contribution in [0.3, 0.4) is 0 Å². The van der Waals surface area contributed by atoms with E-state index in [4.69, 9.17) is 24.7 Å². The molecule has 0 spiro atoms. The average Bonchev–Trinajstić information content (AvgIpc) is 3.03. The molecule has 4 N–H and O–H groups in total. The third kappa shape index (κ3) is 39.5. The van der Waals surface area contributed by atoms with E-state index in [1.807, 2.05) is 0 Å². The van der Waals surface area contributed by atoms with Gasteiger partial charge in [0.2, 0.25) is 11.9 Å². The van der Waals surface area contributed by atoms with Crippen molar-refractivity contribution in [3.05, 3.63) is 0 Å². The molecular formula is C23H44N4O8S10. The second kappa shape index (κ2) is 39.7. The number of hydrogen-bond donors (Lipinski definition) is 4. The summed E-state index contributed by atoms with van der Waals surface area (Å²) in [6, 6.07) is 0. The number of carbonyl (C=O) groups excluding carboxylic acids is 2. The number of amides is 2. The summed E-state index contributed by atoms with van der Waals surface area (Å²) < 4.78 is 16.9. The van der Waals surface area contributed by atoms with Crippen molar-refractivity contribution >= 4 is 140 Å². The number of rotatable bonds is 33. The molecule has 0 aromatic rings. The third-order valence-corrected chi connectivity index (χ3v) is 14.3. The molecule has 1 atom stereocenters. The Morgan fingerprint density at radius 2 is 1.33 bits per heavy atom. The van der Waals surface area contributed by atoms with Crippen LogP contribution in [0.4, 0.5) is 9.59 Å². The molecule has 0 heterocycles. The summed E-state index contributed by atoms with van der Waals surface area (Å²) in [4.78, 5) is 41.0. The van der Waals surface area contributed by atoms with Crippen molar-refractivity contribution in [2.45, 2.75) is 0 Å². The number of carbonyl (C=O) groups is 2. The highest BCUT2D eigenvalue weighted by molar-refractivity contribution is 8.18. The predicted molar refractivity (Wildman–Crippen MR) is 211 cm³/mol. The van der Waals surface area contributed by atoms with Crippen LogP contribution in [0.1, 0.15) is 0 Å². The van der Waals surface area contributed by atoms with Crippen molar-refractivity contribution in [3.8, 4) is 0 Å². The first-order valence-corrected chi connectivity index (χ1v) is 25.0. The Morgan fingerprint density at radius 1 is 0.733 bits per heavy atom. The maximum absolute atomic E-state index is 12.0. The van der Waals surface area contributed by atoms with Crippen LogP contribution in [0.2, 0.25) is 0 Å². The van der Waals surface area contributed by atoms with Gasteiger partial charge in [-0.3, -0.25) is 9.79 Å². The van der Waals surface area contributed by atoms with E-state index >= 15 is 0 Å². The minimum atomic E-state index is -1.05. The third-order valence-electron chi connectivity index (χ3n) is 4.12. The van der Waals surface area contributed by atoms with Gasteiger partial charge in [-0.2, -0.15) is 16.6 Å². The summed E-state index contributed by atoms with van der Waals surface area (Å²) in [5, 5.41) is 25.5. The molecule has 2 amide bonds. The molecule has 0 aliphatic rings. The number of hydrogen-bond acceptors (Lipinski definition) is 19. The molecule has 264 valence electrons. The van der Waals surface area contributed by atoms with E-state index in [1.165, 1.54) is 29.9 Å². The molecule has 0 aromatic carbocycles. The average molecular weight is 825 g/mol. The molecule has 0 rings (SSSR count). The zero-order valence-electron chi connectivity index (χ0n) is 24.9. The number of nitrogens with one attached hydrogen (secondary N) is 2. The van der Waals surface area contributed by atoms with Crippen LogP contribution in [-0.2, 0) is 25.7 Å². The Labute approximate surface area is 308 Å². The van der Waals surface area contributed by atoms with E-state index in [2.05, 4.69) is 20.6 Å². The first-order valence-electron chi connectivity index (χ1n) is 13.4. The number of alkyl carbamates (subject to hydrolysis) is 1. The van der Waals surface area contributed by atoms with Crippen molar-refractivity contribution in [2.24, 2.45) is 9.98 Å². The zero-order valence-corrected chi connectivity index (χ0v) is 33.1. The number of aliphatic imine (C=N–C) groups is 2. The maximum Gasteiger partial charge on any atom is 0.408 e. The van der Waals surface area contributed by atoms with Gasteiger partial charge in [0.05, 0.1) is 25.0 Å². The highest BCUT2D eigenvalue weighted by Crippen LogP contribution is 2.15. The minimum absolute atomic E-state index is 0.0108. The summed E-state index contributed by atoms with van der Waals surface area (Å²) in [6.07, 6.45) is 0.789. The van der Waals surface area contributed by atoms with Gasteiger partial charge in [0.1, 0.15) is 17.6 Å². The Balaban J connectivity index is 3.36. The largest absolute Gasteiger partial charge is 0.611 e. The summed E-state index contributed by atoms with van der Waals surface area (Å²) in [7, 11) is 0. The summed E-state index contributed by atoms with van der Waals surface area (Å²) in [6.45, 7) is 2.45. The van der Waals surface area contributed by atoms with Gasteiger partial charge >= 0.3 is 6.09 Å². The first-order chi connectivity index (χ1) is 22.1. The molecule has 0 saturated carbocycles. The second-order valence-corrected chi connectivity index (χ2v) is 19.4. The molecule has 12 nitrogen and oxygen atoms in total. The van der Waals surface area contributed by atoms with Crippen LogP contribution in [-0.4, -0.2) is 149 Å². The van der Waals surface area contributed by atoms with Gasteiger partial charge in [-0.25, -0.2) is 9.79 Å². The summed E-state index contributed by atoms with van der Waals surface area (Å²) in [5.74, 6) is 6.75. The predicted octanol–water partition coefficient (Wildman–Crippen LogP) is 4.46. The molecular weight excluding hydrogens is 781 g/mol. The van der Waals surface area contributed by atoms with Gasteiger partial charge in [-0.05, 0) is 11.2 Å². The van der Waals surface area contributed by atoms with Gasteiger partial charge < -0.3 is 35.0 Å². The fraction of sp³-hybridized carbons (Fsp3) is 0.826. The van der Waals surface area contributed by atoms with Crippen LogP contribution in [0.5, 0.6) is 0 Å². The quantitative estimate of drug-likeness (QED) is 0.0139. The number of thioether (sulfide) groups is 9. The number of aliphatic hydroxyl groups excluding tert-OH is 2. The molecule has 22 heteroatoms. The van der Waals surface area contributed by atoms with Crippen molar-refractivity contribution in [1.82, 2.24) is 10.6 Å². The molecule has 0 aliphatic carbocycles. The monoisotopic (exact) mass is 824 g/mol. The van der Waals surface area contributed by atoms with Crippen molar-refractivity contribution < 1.29 is 38.9 Å². The fourth-order valence-corrected chi connectivity index (χ4v) is 10.6. The van der Waals surface area contributed by atoms with Crippen LogP contribution >= 0.6 is 106 Å². The van der Waals surface area contributed by atoms with Crippen molar-refractivity contribution in [3.63, 3.8) is 0 Å². The molecule has 0 saturated heterocycles. The zero-order chi connectivity index (χ0) is 32.9. The number of nitrogens with zero attached hydrogens (tertiary/aromatic N) is 2. The Morgan fingerprint density at radius 3 is 2.04 bits per heavy atom. The SMILES string of the molecule is O=C(NCCSCSCC/N=C\[S+]([O-])CCSCSCCSC(=O)NCCSCSCC/N=C/OOCSCO)OCSCO. The smallest absolute Gasteiger partial charge is 0.408 e. The molecule has 0 radical (unpaired) electrons. The Kier molecular flexibility index (Phi) is 40.7. The highest BCUT2D eigenvalue weighted by atomic mass is 32.2. The van der Waals surface area contributed by atoms with E-state index in [9.17, 15) is 14.1 Å². The normalized spacial score (nSPS) is 12.2. The Bertz CT molecular complexity index is 741. The van der Waals surface area contributed by atoms with Gasteiger partial charge in [-0.1, -0.05) is 23.5 Å². The van der Waals surface area contributed by atoms with Crippen molar-refractivity contribution in [2.75, 3.05) is 111 Å².